The van der Waals surface area contributed by atoms with Crippen LogP contribution in [0.3, 0.4) is 0 Å². The smallest absolute Gasteiger partial charge is 0.328 e. The zero-order valence-corrected chi connectivity index (χ0v) is 11.4. The van der Waals surface area contributed by atoms with Crippen LogP contribution in [0.15, 0.2) is 17.5 Å². The molecular weight excluding hydrogens is 262 g/mol. The van der Waals surface area contributed by atoms with Crippen LogP contribution in [0.4, 0.5) is 0 Å². The number of hydrogen-bond acceptors (Lipinski definition) is 3. The summed E-state index contributed by atoms with van der Waals surface area (Å²) in [6.45, 7) is 0.690. The van der Waals surface area contributed by atoms with Gasteiger partial charge >= 0.3 is 5.97 Å². The van der Waals surface area contributed by atoms with E-state index in [1.807, 2.05) is 0 Å². The highest BCUT2D eigenvalue weighted by Crippen LogP contribution is 2.33. The van der Waals surface area contributed by atoms with Crippen molar-refractivity contribution in [3.05, 3.63) is 28.0 Å². The van der Waals surface area contributed by atoms with Crippen molar-refractivity contribution in [2.45, 2.75) is 25.7 Å². The molecule has 0 atom stereocenters. The Morgan fingerprint density at radius 2 is 2.26 bits per heavy atom. The topological polar surface area (TPSA) is 66.4 Å². The van der Waals surface area contributed by atoms with Crippen LogP contribution in [0.1, 0.15) is 40.9 Å². The Hall–Kier alpha value is -1.62. The monoisotopic (exact) mass is 279 g/mol. The number of carboxylic acid groups (broad SMARTS) is 1. The van der Waals surface area contributed by atoms with Crippen LogP contribution >= 0.6 is 11.3 Å². The second kappa shape index (κ2) is 6.52. The summed E-state index contributed by atoms with van der Waals surface area (Å²) in [5.74, 6) is -0.245. The van der Waals surface area contributed by atoms with Gasteiger partial charge in [0.05, 0.1) is 4.88 Å². The van der Waals surface area contributed by atoms with Crippen molar-refractivity contribution in [1.82, 2.24) is 5.32 Å². The molecule has 1 heterocycles. The molecule has 0 bridgehead atoms. The van der Waals surface area contributed by atoms with Crippen molar-refractivity contribution in [3.8, 4) is 0 Å². The number of carbonyl (C=O) groups excluding carboxylic acids is 1. The number of hydrogen-bond donors (Lipinski definition) is 2. The Kier molecular flexibility index (Phi) is 4.74. The van der Waals surface area contributed by atoms with Crippen LogP contribution in [0.25, 0.3) is 6.08 Å². The first kappa shape index (κ1) is 13.8. The minimum Gasteiger partial charge on any atom is -0.478 e. The van der Waals surface area contributed by atoms with E-state index in [1.165, 1.54) is 36.7 Å². The second-order valence-corrected chi connectivity index (χ2v) is 5.63. The van der Waals surface area contributed by atoms with Crippen LogP contribution in [0, 0.1) is 5.92 Å². The molecule has 0 spiro atoms. The average Bonchev–Trinajstić information content (AvgIpc) is 3.07. The molecule has 5 heteroatoms. The van der Waals surface area contributed by atoms with Crippen LogP contribution < -0.4 is 5.32 Å². The summed E-state index contributed by atoms with van der Waals surface area (Å²) in [4.78, 5) is 23.0. The maximum absolute atomic E-state index is 11.9. The van der Waals surface area contributed by atoms with Gasteiger partial charge in [0.1, 0.15) is 0 Å². The van der Waals surface area contributed by atoms with E-state index in [4.69, 9.17) is 5.11 Å². The zero-order chi connectivity index (χ0) is 13.7. The van der Waals surface area contributed by atoms with E-state index < -0.39 is 5.97 Å². The number of carbonyl (C=O) groups is 2. The Morgan fingerprint density at radius 1 is 1.47 bits per heavy atom. The van der Waals surface area contributed by atoms with Gasteiger partial charge in [0.2, 0.25) is 0 Å². The molecular formula is C14H17NO3S. The van der Waals surface area contributed by atoms with E-state index in [2.05, 4.69) is 5.32 Å². The molecule has 0 saturated heterocycles. The van der Waals surface area contributed by atoms with Crippen molar-refractivity contribution in [2.24, 2.45) is 5.92 Å². The first-order valence-electron chi connectivity index (χ1n) is 6.43. The van der Waals surface area contributed by atoms with Crippen molar-refractivity contribution < 1.29 is 14.7 Å². The van der Waals surface area contributed by atoms with E-state index in [0.29, 0.717) is 17.0 Å². The number of rotatable bonds is 7. The molecule has 19 heavy (non-hydrogen) atoms. The van der Waals surface area contributed by atoms with E-state index in [9.17, 15) is 9.59 Å². The third-order valence-electron chi connectivity index (χ3n) is 3.08. The Bertz CT molecular complexity index is 489. The first-order valence-corrected chi connectivity index (χ1v) is 7.31. The number of amides is 1. The molecule has 1 aromatic rings. The zero-order valence-electron chi connectivity index (χ0n) is 10.6. The third kappa shape index (κ3) is 4.52. The lowest BCUT2D eigenvalue weighted by Gasteiger charge is -2.04. The van der Waals surface area contributed by atoms with Crippen LogP contribution in [-0.4, -0.2) is 23.5 Å². The molecule has 1 aliphatic rings. The quantitative estimate of drug-likeness (QED) is 0.596. The lowest BCUT2D eigenvalue weighted by atomic mass is 10.2. The summed E-state index contributed by atoms with van der Waals surface area (Å²) < 4.78 is 0. The molecule has 0 radical (unpaired) electrons. The molecule has 4 nitrogen and oxygen atoms in total. The number of thiophene rings is 1. The number of nitrogens with one attached hydrogen (secondary N) is 1. The SMILES string of the molecule is O=C(O)/C=C/c1ccsc1C(=O)NCCCC1CC1. The van der Waals surface area contributed by atoms with Crippen LogP contribution in [0.2, 0.25) is 0 Å². The molecule has 1 fully saturated rings. The van der Waals surface area contributed by atoms with Gasteiger partial charge in [-0.3, -0.25) is 4.79 Å². The summed E-state index contributed by atoms with van der Waals surface area (Å²) in [6.07, 6.45) is 7.38. The van der Waals surface area contributed by atoms with Gasteiger partial charge in [-0.2, -0.15) is 0 Å². The highest BCUT2D eigenvalue weighted by molar-refractivity contribution is 7.12. The molecule has 2 N–H and O–H groups in total. The minimum atomic E-state index is -1.01. The average molecular weight is 279 g/mol. The maximum Gasteiger partial charge on any atom is 0.328 e. The van der Waals surface area contributed by atoms with E-state index >= 15 is 0 Å². The van der Waals surface area contributed by atoms with Gasteiger partial charge in [-0.15, -0.1) is 11.3 Å². The molecule has 1 amide bonds. The van der Waals surface area contributed by atoms with Crippen molar-refractivity contribution in [1.29, 1.82) is 0 Å². The third-order valence-corrected chi connectivity index (χ3v) is 4.01. The van der Waals surface area contributed by atoms with Crippen molar-refractivity contribution >= 4 is 29.3 Å². The highest BCUT2D eigenvalue weighted by Gasteiger charge is 2.20. The largest absolute Gasteiger partial charge is 0.478 e. The van der Waals surface area contributed by atoms with Crippen LogP contribution in [0.5, 0.6) is 0 Å². The standard InChI is InChI=1S/C14H17NO3S/c16-12(17)6-5-11-7-9-19-13(11)14(18)15-8-1-2-10-3-4-10/h5-7,9-10H,1-4,8H2,(H,15,18)(H,16,17)/b6-5+. The second-order valence-electron chi connectivity index (χ2n) is 4.72. The van der Waals surface area contributed by atoms with E-state index in [1.54, 1.807) is 11.4 Å². The lowest BCUT2D eigenvalue weighted by Crippen LogP contribution is -2.24. The lowest BCUT2D eigenvalue weighted by molar-refractivity contribution is -0.131. The Morgan fingerprint density at radius 3 is 2.95 bits per heavy atom. The molecule has 1 aliphatic carbocycles. The molecule has 102 valence electrons. The summed E-state index contributed by atoms with van der Waals surface area (Å²) in [5, 5.41) is 13.3. The molecule has 0 aromatic carbocycles. The van der Waals surface area contributed by atoms with Gasteiger partial charge in [0.15, 0.2) is 0 Å². The molecule has 2 rings (SSSR count). The number of carboxylic acids is 1. The maximum atomic E-state index is 11.9. The van der Waals surface area contributed by atoms with E-state index in [0.717, 1.165) is 18.4 Å². The van der Waals surface area contributed by atoms with Gasteiger partial charge in [-0.05, 0) is 41.8 Å². The Labute approximate surface area is 116 Å². The predicted octanol–water partition coefficient (Wildman–Crippen LogP) is 2.77. The summed E-state index contributed by atoms with van der Waals surface area (Å²) in [7, 11) is 0. The fraction of sp³-hybridized carbons (Fsp3) is 0.429. The minimum absolute atomic E-state index is 0.115. The van der Waals surface area contributed by atoms with Crippen molar-refractivity contribution in [2.75, 3.05) is 6.54 Å². The van der Waals surface area contributed by atoms with Gasteiger partial charge in [0, 0.05) is 12.6 Å². The summed E-state index contributed by atoms with van der Waals surface area (Å²) >= 11 is 1.33. The predicted molar refractivity (Wildman–Crippen MR) is 75.3 cm³/mol. The van der Waals surface area contributed by atoms with Gasteiger partial charge in [0.25, 0.3) is 5.91 Å². The fourth-order valence-electron chi connectivity index (χ4n) is 1.88. The summed E-state index contributed by atoms with van der Waals surface area (Å²) in [5.41, 5.74) is 0.659. The highest BCUT2D eigenvalue weighted by atomic mass is 32.1. The van der Waals surface area contributed by atoms with Crippen molar-refractivity contribution in [3.63, 3.8) is 0 Å². The molecule has 0 unspecified atom stereocenters. The molecule has 0 aliphatic heterocycles. The molecule has 1 saturated carbocycles. The first-order chi connectivity index (χ1) is 9.16. The van der Waals surface area contributed by atoms with Gasteiger partial charge in [-0.1, -0.05) is 12.8 Å². The Balaban J connectivity index is 1.83. The van der Waals surface area contributed by atoms with Gasteiger partial charge in [-0.25, -0.2) is 4.79 Å². The van der Waals surface area contributed by atoms with Crippen LogP contribution in [-0.2, 0) is 4.79 Å². The number of aliphatic carboxylic acids is 1. The van der Waals surface area contributed by atoms with E-state index in [-0.39, 0.29) is 5.91 Å². The van der Waals surface area contributed by atoms with Gasteiger partial charge < -0.3 is 10.4 Å². The fourth-order valence-corrected chi connectivity index (χ4v) is 2.68. The summed E-state index contributed by atoms with van der Waals surface area (Å²) in [6, 6.07) is 1.75. The molecule has 1 aromatic heterocycles. The normalized spacial score (nSPS) is 14.7.